The summed E-state index contributed by atoms with van der Waals surface area (Å²) in [5.41, 5.74) is 0.671. The molecule has 0 spiro atoms. The summed E-state index contributed by atoms with van der Waals surface area (Å²) in [5, 5.41) is 20.4. The third-order valence-corrected chi connectivity index (χ3v) is 2.51. The Morgan fingerprint density at radius 2 is 2.31 bits per heavy atom. The second kappa shape index (κ2) is 5.33. The maximum absolute atomic E-state index is 11.2. The first-order valence-corrected chi connectivity index (χ1v) is 5.20. The molecule has 0 saturated heterocycles. The number of likely N-dealkylation sites (N-methyl/N-ethyl adjacent to an activating group) is 1. The van der Waals surface area contributed by atoms with E-state index in [2.05, 4.69) is 21.2 Å². The van der Waals surface area contributed by atoms with E-state index in [4.69, 9.17) is 5.26 Å². The van der Waals surface area contributed by atoms with Gasteiger partial charge in [-0.3, -0.25) is 4.79 Å². The van der Waals surface area contributed by atoms with Crippen molar-refractivity contribution in [3.8, 4) is 11.8 Å². The van der Waals surface area contributed by atoms with E-state index < -0.39 is 5.91 Å². The standard InChI is InChI=1S/C11H9BrN2O2/c1-14-11(16)8(6-13)4-7-2-3-10(15)9(12)5-7/h2-5,15H,1H3,(H,14,16)/b8-4+. The zero-order valence-electron chi connectivity index (χ0n) is 8.49. The molecule has 4 nitrogen and oxygen atoms in total. The number of halogens is 1. The highest BCUT2D eigenvalue weighted by Gasteiger charge is 2.06. The molecule has 5 heteroatoms. The van der Waals surface area contributed by atoms with Crippen molar-refractivity contribution in [3.63, 3.8) is 0 Å². The molecule has 1 amide bonds. The molecule has 0 aromatic heterocycles. The number of benzene rings is 1. The van der Waals surface area contributed by atoms with Gasteiger partial charge in [0.15, 0.2) is 0 Å². The van der Waals surface area contributed by atoms with Crippen LogP contribution in [0.1, 0.15) is 5.56 Å². The molecule has 0 radical (unpaired) electrons. The summed E-state index contributed by atoms with van der Waals surface area (Å²) in [4.78, 5) is 11.2. The van der Waals surface area contributed by atoms with E-state index in [9.17, 15) is 9.90 Å². The number of hydrogen-bond acceptors (Lipinski definition) is 3. The van der Waals surface area contributed by atoms with Crippen LogP contribution in [0.15, 0.2) is 28.2 Å². The van der Waals surface area contributed by atoms with Gasteiger partial charge in [0.2, 0.25) is 0 Å². The lowest BCUT2D eigenvalue weighted by Gasteiger charge is -2.00. The van der Waals surface area contributed by atoms with E-state index >= 15 is 0 Å². The van der Waals surface area contributed by atoms with Gasteiger partial charge in [0.25, 0.3) is 5.91 Å². The molecule has 0 atom stereocenters. The first kappa shape index (κ1) is 12.3. The minimum atomic E-state index is -0.438. The topological polar surface area (TPSA) is 73.1 Å². The van der Waals surface area contributed by atoms with Crippen LogP contribution >= 0.6 is 15.9 Å². The van der Waals surface area contributed by atoms with Crippen LogP contribution in [0.25, 0.3) is 6.08 Å². The third-order valence-electron chi connectivity index (χ3n) is 1.87. The number of carbonyl (C=O) groups excluding carboxylic acids is 1. The van der Waals surface area contributed by atoms with E-state index in [1.165, 1.54) is 19.2 Å². The first-order valence-electron chi connectivity index (χ1n) is 4.41. The fourth-order valence-electron chi connectivity index (χ4n) is 1.06. The van der Waals surface area contributed by atoms with E-state index in [0.717, 1.165) is 0 Å². The van der Waals surface area contributed by atoms with Gasteiger partial charge in [0.05, 0.1) is 4.47 Å². The Hall–Kier alpha value is -1.80. The lowest BCUT2D eigenvalue weighted by molar-refractivity contribution is -0.116. The molecule has 0 fully saturated rings. The van der Waals surface area contributed by atoms with Crippen molar-refractivity contribution in [3.05, 3.63) is 33.8 Å². The highest BCUT2D eigenvalue weighted by Crippen LogP contribution is 2.25. The van der Waals surface area contributed by atoms with Crippen LogP contribution in [0, 0.1) is 11.3 Å². The highest BCUT2D eigenvalue weighted by molar-refractivity contribution is 9.10. The van der Waals surface area contributed by atoms with Crippen molar-refractivity contribution < 1.29 is 9.90 Å². The molecule has 0 heterocycles. The van der Waals surface area contributed by atoms with Crippen LogP contribution in [0.5, 0.6) is 5.75 Å². The number of aromatic hydroxyl groups is 1. The molecule has 1 rings (SSSR count). The molecule has 2 N–H and O–H groups in total. The highest BCUT2D eigenvalue weighted by atomic mass is 79.9. The number of amides is 1. The van der Waals surface area contributed by atoms with Crippen molar-refractivity contribution in [1.82, 2.24) is 5.32 Å². The number of nitrogens with one attached hydrogen (secondary N) is 1. The maximum atomic E-state index is 11.2. The largest absolute Gasteiger partial charge is 0.507 e. The number of carbonyl (C=O) groups is 1. The van der Waals surface area contributed by atoms with Crippen molar-refractivity contribution in [2.45, 2.75) is 0 Å². The van der Waals surface area contributed by atoms with Crippen LogP contribution < -0.4 is 5.32 Å². The molecule has 0 aliphatic carbocycles. The Kier molecular flexibility index (Phi) is 4.09. The summed E-state index contributed by atoms with van der Waals surface area (Å²) in [6.45, 7) is 0. The first-order chi connectivity index (χ1) is 7.58. The Bertz CT molecular complexity index is 489. The van der Waals surface area contributed by atoms with Crippen LogP contribution in [-0.2, 0) is 4.79 Å². The number of hydrogen-bond donors (Lipinski definition) is 2. The van der Waals surface area contributed by atoms with Gasteiger partial charge >= 0.3 is 0 Å². The van der Waals surface area contributed by atoms with E-state index in [0.29, 0.717) is 10.0 Å². The lowest BCUT2D eigenvalue weighted by atomic mass is 10.1. The molecule has 0 unspecified atom stereocenters. The number of rotatable bonds is 2. The predicted octanol–water partition coefficient (Wildman–Crippen LogP) is 1.81. The second-order valence-electron chi connectivity index (χ2n) is 2.96. The summed E-state index contributed by atoms with van der Waals surface area (Å²) < 4.78 is 0.510. The van der Waals surface area contributed by atoms with Gasteiger partial charge in [-0.1, -0.05) is 6.07 Å². The Labute approximate surface area is 101 Å². The third kappa shape index (κ3) is 2.84. The summed E-state index contributed by atoms with van der Waals surface area (Å²) in [6.07, 6.45) is 1.45. The SMILES string of the molecule is CNC(=O)/C(C#N)=C/c1ccc(O)c(Br)c1. The fourth-order valence-corrected chi connectivity index (χ4v) is 1.46. The molecule has 82 valence electrons. The molecule has 0 bridgehead atoms. The van der Waals surface area contributed by atoms with Gasteiger partial charge in [0.1, 0.15) is 17.4 Å². The second-order valence-corrected chi connectivity index (χ2v) is 3.81. The fraction of sp³-hybridized carbons (Fsp3) is 0.0909. The average Bonchev–Trinajstić information content (AvgIpc) is 2.29. The number of phenolic OH excluding ortho intramolecular Hbond substituents is 1. The van der Waals surface area contributed by atoms with Crippen molar-refractivity contribution in [1.29, 1.82) is 5.26 Å². The van der Waals surface area contributed by atoms with Crippen molar-refractivity contribution >= 4 is 27.9 Å². The number of phenols is 1. The Morgan fingerprint density at radius 1 is 1.62 bits per heavy atom. The molecular formula is C11H9BrN2O2. The van der Waals surface area contributed by atoms with Gasteiger partial charge in [-0.25, -0.2) is 0 Å². The van der Waals surface area contributed by atoms with E-state index in [-0.39, 0.29) is 11.3 Å². The van der Waals surface area contributed by atoms with Gasteiger partial charge < -0.3 is 10.4 Å². The maximum Gasteiger partial charge on any atom is 0.261 e. The van der Waals surface area contributed by atoms with Gasteiger partial charge in [-0.15, -0.1) is 0 Å². The number of nitriles is 1. The molecule has 0 aliphatic heterocycles. The molecule has 0 aliphatic rings. The van der Waals surface area contributed by atoms with E-state index in [1.54, 1.807) is 18.2 Å². The van der Waals surface area contributed by atoms with Gasteiger partial charge in [-0.2, -0.15) is 5.26 Å². The summed E-state index contributed by atoms with van der Waals surface area (Å²) in [5.74, 6) is -0.331. The zero-order chi connectivity index (χ0) is 12.1. The minimum absolute atomic E-state index is 0.0140. The van der Waals surface area contributed by atoms with Crippen LogP contribution in [-0.4, -0.2) is 18.1 Å². The van der Waals surface area contributed by atoms with Gasteiger partial charge in [-0.05, 0) is 39.7 Å². The normalized spacial score (nSPS) is 10.7. The van der Waals surface area contributed by atoms with Crippen molar-refractivity contribution in [2.24, 2.45) is 0 Å². The van der Waals surface area contributed by atoms with E-state index in [1.807, 2.05) is 0 Å². The monoisotopic (exact) mass is 280 g/mol. The lowest BCUT2D eigenvalue weighted by Crippen LogP contribution is -2.19. The predicted molar refractivity (Wildman–Crippen MR) is 63.5 cm³/mol. The number of nitrogens with zero attached hydrogens (tertiary/aromatic N) is 1. The molecular weight excluding hydrogens is 272 g/mol. The molecule has 16 heavy (non-hydrogen) atoms. The molecule has 0 saturated carbocycles. The molecule has 1 aromatic carbocycles. The summed E-state index contributed by atoms with van der Waals surface area (Å²) >= 11 is 3.15. The summed E-state index contributed by atoms with van der Waals surface area (Å²) in [7, 11) is 1.46. The Balaban J connectivity index is 3.10. The van der Waals surface area contributed by atoms with Crippen LogP contribution in [0.2, 0.25) is 0 Å². The minimum Gasteiger partial charge on any atom is -0.507 e. The van der Waals surface area contributed by atoms with Crippen molar-refractivity contribution in [2.75, 3.05) is 7.05 Å². The summed E-state index contributed by atoms with van der Waals surface area (Å²) in [6, 6.07) is 6.52. The average molecular weight is 281 g/mol. The Morgan fingerprint density at radius 3 is 2.81 bits per heavy atom. The van der Waals surface area contributed by atoms with Crippen LogP contribution in [0.4, 0.5) is 0 Å². The van der Waals surface area contributed by atoms with Gasteiger partial charge in [0, 0.05) is 7.05 Å². The zero-order valence-corrected chi connectivity index (χ0v) is 10.1. The quantitative estimate of drug-likeness (QED) is 0.641. The molecule has 1 aromatic rings. The smallest absolute Gasteiger partial charge is 0.261 e. The van der Waals surface area contributed by atoms with Crippen LogP contribution in [0.3, 0.4) is 0 Å².